The van der Waals surface area contributed by atoms with Crippen LogP contribution in [0.4, 0.5) is 0 Å². The van der Waals surface area contributed by atoms with Gasteiger partial charge in [0.05, 0.1) is 11.7 Å². The van der Waals surface area contributed by atoms with Crippen LogP contribution < -0.4 is 0 Å². The van der Waals surface area contributed by atoms with Crippen LogP contribution in [-0.4, -0.2) is 34.6 Å². The molecule has 1 aromatic carbocycles. The van der Waals surface area contributed by atoms with E-state index >= 15 is 0 Å². The molecule has 2 aromatic rings. The highest BCUT2D eigenvalue weighted by atomic mass is 32.2. The lowest BCUT2D eigenvalue weighted by Gasteiger charge is -2.22. The first-order chi connectivity index (χ1) is 10.9. The van der Waals surface area contributed by atoms with Crippen molar-refractivity contribution in [2.45, 2.75) is 37.2 Å². The van der Waals surface area contributed by atoms with Gasteiger partial charge < -0.3 is 4.57 Å². The first kappa shape index (κ1) is 16.5. The summed E-state index contributed by atoms with van der Waals surface area (Å²) in [5.41, 5.74) is 2.19. The van der Waals surface area contributed by atoms with E-state index in [0.717, 1.165) is 11.3 Å². The van der Waals surface area contributed by atoms with Crippen LogP contribution in [0.2, 0.25) is 0 Å². The molecule has 0 saturated carbocycles. The lowest BCUT2D eigenvalue weighted by molar-refractivity contribution is 0.432. The average Bonchev–Trinajstić information content (AvgIpc) is 3.18. The van der Waals surface area contributed by atoms with E-state index < -0.39 is 10.0 Å². The maximum atomic E-state index is 13.0. The van der Waals surface area contributed by atoms with E-state index in [2.05, 4.69) is 4.98 Å². The van der Waals surface area contributed by atoms with Crippen LogP contribution in [-0.2, 0) is 10.0 Å². The fourth-order valence-electron chi connectivity index (χ4n) is 2.55. The molecule has 0 aliphatic carbocycles. The molecule has 3 rings (SSSR count). The molecule has 1 unspecified atom stereocenters. The second kappa shape index (κ2) is 6.30. The molecule has 0 radical (unpaired) electrons. The van der Waals surface area contributed by atoms with Crippen molar-refractivity contribution in [1.29, 1.82) is 0 Å². The minimum Gasteiger partial charge on any atom is -0.334 e. The number of sulfonamides is 1. The van der Waals surface area contributed by atoms with Gasteiger partial charge in [-0.15, -0.1) is 11.8 Å². The molecule has 0 amide bonds. The zero-order valence-electron chi connectivity index (χ0n) is 13.5. The number of benzene rings is 1. The maximum Gasteiger partial charge on any atom is 0.263 e. The van der Waals surface area contributed by atoms with Gasteiger partial charge in [-0.2, -0.15) is 4.31 Å². The Balaban J connectivity index is 1.92. The zero-order chi connectivity index (χ0) is 16.6. The quantitative estimate of drug-likeness (QED) is 0.849. The molecule has 1 fully saturated rings. The minimum atomic E-state index is -3.58. The molecule has 124 valence electrons. The van der Waals surface area contributed by atoms with Crippen LogP contribution in [0.25, 0.3) is 0 Å². The van der Waals surface area contributed by atoms with Crippen molar-refractivity contribution < 1.29 is 8.42 Å². The van der Waals surface area contributed by atoms with Crippen LogP contribution in [0.1, 0.15) is 36.4 Å². The summed E-state index contributed by atoms with van der Waals surface area (Å²) in [5.74, 6) is 0.794. The molecule has 1 aromatic heterocycles. The molecule has 2 heterocycles. The summed E-state index contributed by atoms with van der Waals surface area (Å²) in [7, 11) is -3.58. The molecule has 0 spiro atoms. The van der Waals surface area contributed by atoms with Crippen molar-refractivity contribution in [3.63, 3.8) is 0 Å². The van der Waals surface area contributed by atoms with Crippen molar-refractivity contribution in [2.24, 2.45) is 0 Å². The lowest BCUT2D eigenvalue weighted by atomic mass is 10.1. The van der Waals surface area contributed by atoms with Gasteiger partial charge in [-0.25, -0.2) is 13.4 Å². The van der Waals surface area contributed by atoms with Gasteiger partial charge in [0, 0.05) is 24.5 Å². The molecule has 1 atom stereocenters. The predicted molar refractivity (Wildman–Crippen MR) is 92.9 cm³/mol. The number of thioether (sulfide) groups is 1. The van der Waals surface area contributed by atoms with Crippen LogP contribution in [0.5, 0.6) is 0 Å². The van der Waals surface area contributed by atoms with Gasteiger partial charge in [0.2, 0.25) is 0 Å². The highest BCUT2D eigenvalue weighted by Gasteiger charge is 2.38. The Bertz CT molecular complexity index is 782. The fourth-order valence-corrected chi connectivity index (χ4v) is 5.71. The highest BCUT2D eigenvalue weighted by Crippen LogP contribution is 2.41. The predicted octanol–water partition coefficient (Wildman–Crippen LogP) is 3.21. The van der Waals surface area contributed by atoms with Gasteiger partial charge in [0.15, 0.2) is 5.03 Å². The number of hydrogen-bond acceptors (Lipinski definition) is 4. The Morgan fingerprint density at radius 3 is 2.57 bits per heavy atom. The summed E-state index contributed by atoms with van der Waals surface area (Å²) >= 11 is 1.66. The average molecular weight is 351 g/mol. The van der Waals surface area contributed by atoms with E-state index in [0.29, 0.717) is 6.54 Å². The Morgan fingerprint density at radius 2 is 1.96 bits per heavy atom. The van der Waals surface area contributed by atoms with Crippen molar-refractivity contribution >= 4 is 21.8 Å². The second-order valence-electron chi connectivity index (χ2n) is 6.00. The van der Waals surface area contributed by atoms with Crippen molar-refractivity contribution in [3.8, 4) is 0 Å². The lowest BCUT2D eigenvalue weighted by Crippen LogP contribution is -2.30. The van der Waals surface area contributed by atoms with E-state index in [9.17, 15) is 8.42 Å². The summed E-state index contributed by atoms with van der Waals surface area (Å²) in [6.45, 7) is 6.54. The standard InChI is InChI=1S/C16H21N3O2S2/c1-12(2)18-10-15(17-11-18)23(20,21)19-8-9-22-16(19)14-6-4-13(3)5-7-14/h4-7,10-12,16H,8-9H2,1-3H3. The number of rotatable bonds is 4. The Hall–Kier alpha value is -1.31. The molecular formula is C16H21N3O2S2. The molecule has 7 heteroatoms. The van der Waals surface area contributed by atoms with Gasteiger partial charge in [0.1, 0.15) is 0 Å². The zero-order valence-corrected chi connectivity index (χ0v) is 15.1. The second-order valence-corrected chi connectivity index (χ2v) is 9.03. The molecule has 23 heavy (non-hydrogen) atoms. The van der Waals surface area contributed by atoms with E-state index in [-0.39, 0.29) is 16.4 Å². The number of aromatic nitrogens is 2. The molecule has 0 N–H and O–H groups in total. The third-order valence-electron chi connectivity index (χ3n) is 3.96. The summed E-state index contributed by atoms with van der Waals surface area (Å²) < 4.78 is 29.3. The largest absolute Gasteiger partial charge is 0.334 e. The Kier molecular flexibility index (Phi) is 4.53. The van der Waals surface area contributed by atoms with Gasteiger partial charge in [-0.3, -0.25) is 0 Å². The summed E-state index contributed by atoms with van der Waals surface area (Å²) in [6, 6.07) is 8.24. The van der Waals surface area contributed by atoms with Gasteiger partial charge in [-0.05, 0) is 26.3 Å². The smallest absolute Gasteiger partial charge is 0.263 e. The topological polar surface area (TPSA) is 55.2 Å². The van der Waals surface area contributed by atoms with Gasteiger partial charge in [-0.1, -0.05) is 29.8 Å². The highest BCUT2D eigenvalue weighted by molar-refractivity contribution is 8.00. The number of hydrogen-bond donors (Lipinski definition) is 0. The third-order valence-corrected chi connectivity index (χ3v) is 7.10. The first-order valence-corrected chi connectivity index (χ1v) is 10.1. The Morgan fingerprint density at radius 1 is 1.26 bits per heavy atom. The maximum absolute atomic E-state index is 13.0. The first-order valence-electron chi connectivity index (χ1n) is 7.63. The summed E-state index contributed by atoms with van der Waals surface area (Å²) in [4.78, 5) is 4.12. The van der Waals surface area contributed by atoms with Gasteiger partial charge >= 0.3 is 0 Å². The third kappa shape index (κ3) is 3.18. The Labute approximate surface area is 141 Å². The number of nitrogens with zero attached hydrogens (tertiary/aromatic N) is 3. The van der Waals surface area contributed by atoms with Crippen molar-refractivity contribution in [3.05, 3.63) is 47.9 Å². The minimum absolute atomic E-state index is 0.130. The van der Waals surface area contributed by atoms with E-state index in [1.165, 1.54) is 5.56 Å². The van der Waals surface area contributed by atoms with Crippen LogP contribution >= 0.6 is 11.8 Å². The molecule has 1 aliphatic rings. The molecule has 1 saturated heterocycles. The SMILES string of the molecule is Cc1ccc(C2SCCN2S(=O)(=O)c2cn(C(C)C)cn2)cc1. The van der Waals surface area contributed by atoms with E-state index in [1.54, 1.807) is 28.6 Å². The van der Waals surface area contributed by atoms with Crippen molar-refractivity contribution in [2.75, 3.05) is 12.3 Å². The van der Waals surface area contributed by atoms with Crippen LogP contribution in [0.3, 0.4) is 0 Å². The molecule has 0 bridgehead atoms. The van der Waals surface area contributed by atoms with E-state index in [1.807, 2.05) is 49.6 Å². The van der Waals surface area contributed by atoms with Crippen LogP contribution in [0, 0.1) is 6.92 Å². The fraction of sp³-hybridized carbons (Fsp3) is 0.438. The summed E-state index contributed by atoms with van der Waals surface area (Å²) in [6.07, 6.45) is 3.21. The number of imidazole rings is 1. The molecular weight excluding hydrogens is 330 g/mol. The van der Waals surface area contributed by atoms with Crippen LogP contribution in [0.15, 0.2) is 41.8 Å². The normalized spacial score (nSPS) is 19.6. The summed E-state index contributed by atoms with van der Waals surface area (Å²) in [5, 5.41) is -0.0457. The van der Waals surface area contributed by atoms with E-state index in [4.69, 9.17) is 0 Å². The molecule has 5 nitrogen and oxygen atoms in total. The van der Waals surface area contributed by atoms with Gasteiger partial charge in [0.25, 0.3) is 10.0 Å². The monoisotopic (exact) mass is 351 g/mol. The van der Waals surface area contributed by atoms with Crippen molar-refractivity contribution in [1.82, 2.24) is 13.9 Å². The molecule has 1 aliphatic heterocycles. The number of aryl methyl sites for hydroxylation is 1.